The van der Waals surface area contributed by atoms with Gasteiger partial charge in [0.15, 0.2) is 0 Å². The van der Waals surface area contributed by atoms with Crippen LogP contribution in [0.1, 0.15) is 35.4 Å². The molecule has 0 saturated carbocycles. The Bertz CT molecular complexity index is 577. The van der Waals surface area contributed by atoms with Crippen molar-refractivity contribution in [2.24, 2.45) is 0 Å². The summed E-state index contributed by atoms with van der Waals surface area (Å²) in [4.78, 5) is 1.08. The Hall–Kier alpha value is -0.850. The van der Waals surface area contributed by atoms with Gasteiger partial charge in [0.2, 0.25) is 0 Å². The van der Waals surface area contributed by atoms with E-state index in [-0.39, 0.29) is 6.04 Å². The maximum atomic E-state index is 12.6. The van der Waals surface area contributed by atoms with Gasteiger partial charge in [-0.3, -0.25) is 0 Å². The van der Waals surface area contributed by atoms with Gasteiger partial charge in [0.25, 0.3) is 0 Å². The van der Waals surface area contributed by atoms with Gasteiger partial charge in [-0.25, -0.2) is 0 Å². The Kier molecular flexibility index (Phi) is 5.46. The Balaban J connectivity index is 2.28. The van der Waals surface area contributed by atoms with Crippen molar-refractivity contribution in [1.29, 1.82) is 0 Å². The Morgan fingerprint density at radius 3 is 2.29 bits per heavy atom. The van der Waals surface area contributed by atoms with Gasteiger partial charge in [0.05, 0.1) is 15.4 Å². The first-order valence-electron chi connectivity index (χ1n) is 6.57. The van der Waals surface area contributed by atoms with E-state index in [0.29, 0.717) is 0 Å². The fourth-order valence-electron chi connectivity index (χ4n) is 2.02. The first-order valence-corrected chi connectivity index (χ1v) is 8.18. The van der Waals surface area contributed by atoms with Crippen molar-refractivity contribution in [3.8, 4) is 0 Å². The highest BCUT2D eigenvalue weighted by atomic mass is 79.9. The summed E-state index contributed by atoms with van der Waals surface area (Å²) in [5.74, 6) is 0. The highest BCUT2D eigenvalue weighted by Crippen LogP contribution is 2.34. The van der Waals surface area contributed by atoms with E-state index in [1.807, 2.05) is 12.1 Å². The number of hydrogen-bond donors (Lipinski definition) is 1. The second-order valence-electron chi connectivity index (χ2n) is 4.65. The molecule has 6 heteroatoms. The minimum Gasteiger partial charge on any atom is -0.306 e. The monoisotopic (exact) mass is 377 g/mol. The summed E-state index contributed by atoms with van der Waals surface area (Å²) in [5, 5.41) is 3.38. The molecule has 1 aromatic heterocycles. The molecule has 0 aliphatic rings. The van der Waals surface area contributed by atoms with Crippen LogP contribution in [0.3, 0.4) is 0 Å². The standard InChI is InChI=1S/C15H15BrF3NS/c1-2-9-20-14(12-7-8-13(16)21-12)10-3-5-11(6-4-10)15(17,18)19/h3-8,14,20H,2,9H2,1H3. The average molecular weight is 378 g/mol. The van der Waals surface area contributed by atoms with Crippen LogP contribution in [0, 0.1) is 0 Å². The predicted octanol–water partition coefficient (Wildman–Crippen LogP) is 5.62. The van der Waals surface area contributed by atoms with Crippen molar-refractivity contribution in [2.75, 3.05) is 6.54 Å². The molecule has 0 fully saturated rings. The third kappa shape index (κ3) is 4.31. The number of alkyl halides is 3. The van der Waals surface area contributed by atoms with Crippen LogP contribution in [0.15, 0.2) is 40.2 Å². The zero-order chi connectivity index (χ0) is 15.5. The van der Waals surface area contributed by atoms with Crippen molar-refractivity contribution >= 4 is 27.3 Å². The van der Waals surface area contributed by atoms with Gasteiger partial charge >= 0.3 is 6.18 Å². The topological polar surface area (TPSA) is 12.0 Å². The molecule has 1 heterocycles. The maximum Gasteiger partial charge on any atom is 0.416 e. The highest BCUT2D eigenvalue weighted by Gasteiger charge is 2.30. The minimum absolute atomic E-state index is 0.0801. The molecule has 1 nitrogen and oxygen atoms in total. The summed E-state index contributed by atoms with van der Waals surface area (Å²) < 4.78 is 38.9. The maximum absolute atomic E-state index is 12.6. The van der Waals surface area contributed by atoms with Crippen molar-refractivity contribution in [2.45, 2.75) is 25.6 Å². The summed E-state index contributed by atoms with van der Waals surface area (Å²) in [6.07, 6.45) is -3.33. The predicted molar refractivity (Wildman–Crippen MR) is 83.6 cm³/mol. The summed E-state index contributed by atoms with van der Waals surface area (Å²) in [6.45, 7) is 2.86. The lowest BCUT2D eigenvalue weighted by atomic mass is 10.0. The normalized spacial score (nSPS) is 13.4. The van der Waals surface area contributed by atoms with E-state index >= 15 is 0 Å². The van der Waals surface area contributed by atoms with Crippen LogP contribution in [-0.4, -0.2) is 6.54 Å². The second-order valence-corrected chi connectivity index (χ2v) is 7.14. The van der Waals surface area contributed by atoms with E-state index in [0.717, 1.165) is 39.3 Å². The van der Waals surface area contributed by atoms with Gasteiger partial charge in [-0.05, 0) is 58.7 Å². The van der Waals surface area contributed by atoms with Crippen molar-refractivity contribution in [3.63, 3.8) is 0 Å². The van der Waals surface area contributed by atoms with Gasteiger partial charge in [0, 0.05) is 4.88 Å². The second kappa shape index (κ2) is 6.94. The van der Waals surface area contributed by atoms with E-state index in [1.165, 1.54) is 0 Å². The summed E-state index contributed by atoms with van der Waals surface area (Å²) in [7, 11) is 0. The van der Waals surface area contributed by atoms with Gasteiger partial charge < -0.3 is 5.32 Å². The molecule has 0 amide bonds. The molecule has 1 N–H and O–H groups in total. The van der Waals surface area contributed by atoms with E-state index in [9.17, 15) is 13.2 Å². The fraction of sp³-hybridized carbons (Fsp3) is 0.333. The summed E-state index contributed by atoms with van der Waals surface area (Å²) >= 11 is 5.00. The number of benzene rings is 1. The lowest BCUT2D eigenvalue weighted by Gasteiger charge is -2.18. The van der Waals surface area contributed by atoms with Crippen LogP contribution in [0.4, 0.5) is 13.2 Å². The quantitative estimate of drug-likeness (QED) is 0.712. The molecule has 0 radical (unpaired) electrons. The molecule has 114 valence electrons. The number of rotatable bonds is 5. The van der Waals surface area contributed by atoms with Crippen LogP contribution in [0.5, 0.6) is 0 Å². The zero-order valence-corrected chi connectivity index (χ0v) is 13.8. The number of hydrogen-bond acceptors (Lipinski definition) is 2. The van der Waals surface area contributed by atoms with Crippen molar-refractivity contribution in [3.05, 3.63) is 56.2 Å². The van der Waals surface area contributed by atoms with Crippen LogP contribution in [0.25, 0.3) is 0 Å². The molecular weight excluding hydrogens is 363 g/mol. The minimum atomic E-state index is -4.29. The lowest BCUT2D eigenvalue weighted by molar-refractivity contribution is -0.137. The van der Waals surface area contributed by atoms with Crippen molar-refractivity contribution in [1.82, 2.24) is 5.32 Å². The van der Waals surface area contributed by atoms with E-state index in [4.69, 9.17) is 0 Å². The third-order valence-electron chi connectivity index (χ3n) is 3.05. The lowest BCUT2D eigenvalue weighted by Crippen LogP contribution is -2.22. The van der Waals surface area contributed by atoms with Gasteiger partial charge in [-0.15, -0.1) is 11.3 Å². The summed E-state index contributed by atoms with van der Waals surface area (Å²) in [5.41, 5.74) is 0.221. The smallest absolute Gasteiger partial charge is 0.306 e. The molecule has 0 saturated heterocycles. The molecular formula is C15H15BrF3NS. The molecule has 0 aliphatic carbocycles. The molecule has 0 aliphatic heterocycles. The SMILES string of the molecule is CCCNC(c1ccc(C(F)(F)F)cc1)c1ccc(Br)s1. The largest absolute Gasteiger partial charge is 0.416 e. The molecule has 1 aromatic carbocycles. The van der Waals surface area contributed by atoms with Gasteiger partial charge in [-0.2, -0.15) is 13.2 Å². The Morgan fingerprint density at radius 1 is 1.14 bits per heavy atom. The molecule has 1 atom stereocenters. The molecule has 2 rings (SSSR count). The first-order chi connectivity index (χ1) is 9.91. The number of thiophene rings is 1. The van der Waals surface area contributed by atoms with E-state index in [2.05, 4.69) is 28.2 Å². The van der Waals surface area contributed by atoms with Crippen LogP contribution < -0.4 is 5.32 Å². The van der Waals surface area contributed by atoms with Crippen LogP contribution in [0.2, 0.25) is 0 Å². The average Bonchev–Trinajstić information content (AvgIpc) is 2.85. The molecule has 0 bridgehead atoms. The zero-order valence-electron chi connectivity index (χ0n) is 11.4. The Morgan fingerprint density at radius 2 is 1.81 bits per heavy atom. The third-order valence-corrected chi connectivity index (χ3v) is 4.74. The highest BCUT2D eigenvalue weighted by molar-refractivity contribution is 9.11. The van der Waals surface area contributed by atoms with E-state index < -0.39 is 11.7 Å². The summed E-state index contributed by atoms with van der Waals surface area (Å²) in [6, 6.07) is 9.22. The fourth-order valence-corrected chi connectivity index (χ4v) is 3.55. The Labute approximate surface area is 134 Å². The number of halogens is 4. The van der Waals surface area contributed by atoms with Gasteiger partial charge in [0.1, 0.15) is 0 Å². The molecule has 21 heavy (non-hydrogen) atoms. The van der Waals surface area contributed by atoms with Crippen molar-refractivity contribution < 1.29 is 13.2 Å². The molecule has 1 unspecified atom stereocenters. The van der Waals surface area contributed by atoms with E-state index in [1.54, 1.807) is 23.5 Å². The molecule has 0 spiro atoms. The van der Waals surface area contributed by atoms with Gasteiger partial charge in [-0.1, -0.05) is 19.1 Å². The molecule has 2 aromatic rings. The van der Waals surface area contributed by atoms with Crippen LogP contribution in [-0.2, 0) is 6.18 Å². The van der Waals surface area contributed by atoms with Crippen LogP contribution >= 0.6 is 27.3 Å². The number of nitrogens with one attached hydrogen (secondary N) is 1. The first kappa shape index (κ1) is 16.5.